The number of amides is 1. The minimum Gasteiger partial charge on any atom is -0.458 e. The topological polar surface area (TPSA) is 73.2 Å². The highest BCUT2D eigenvalue weighted by Crippen LogP contribution is 2.44. The van der Waals surface area contributed by atoms with E-state index in [2.05, 4.69) is 10.4 Å². The van der Waals surface area contributed by atoms with E-state index in [0.717, 1.165) is 48.9 Å². The zero-order chi connectivity index (χ0) is 18.9. The highest BCUT2D eigenvalue weighted by atomic mass is 16.6. The smallest absolute Gasteiger partial charge is 0.307 e. The number of para-hydroxylation sites is 1. The molecule has 2 aliphatic rings. The third kappa shape index (κ3) is 3.48. The van der Waals surface area contributed by atoms with Crippen LogP contribution in [0.4, 0.5) is 0 Å². The lowest BCUT2D eigenvalue weighted by Gasteiger charge is -2.36. The van der Waals surface area contributed by atoms with Crippen LogP contribution in [0.3, 0.4) is 0 Å². The summed E-state index contributed by atoms with van der Waals surface area (Å²) in [6.45, 7) is 2.44. The SMILES string of the molecule is Cc1ccccc1-n1cc(CNC(=O)C2CC(=O)OC23CCCCC3)cn1. The van der Waals surface area contributed by atoms with Crippen LogP contribution in [0.25, 0.3) is 5.69 Å². The summed E-state index contributed by atoms with van der Waals surface area (Å²) in [5.41, 5.74) is 2.50. The van der Waals surface area contributed by atoms with Gasteiger partial charge in [-0.2, -0.15) is 5.10 Å². The summed E-state index contributed by atoms with van der Waals surface area (Å²) in [5, 5.41) is 7.39. The van der Waals surface area contributed by atoms with E-state index in [0.29, 0.717) is 6.54 Å². The molecule has 1 saturated heterocycles. The second-order valence-corrected chi connectivity index (χ2v) is 7.65. The number of hydrogen-bond donors (Lipinski definition) is 1. The zero-order valence-electron chi connectivity index (χ0n) is 15.6. The third-order valence-corrected chi connectivity index (χ3v) is 5.80. The second-order valence-electron chi connectivity index (χ2n) is 7.65. The molecule has 0 bridgehead atoms. The molecule has 6 nitrogen and oxygen atoms in total. The van der Waals surface area contributed by atoms with Crippen molar-refractivity contribution < 1.29 is 14.3 Å². The van der Waals surface area contributed by atoms with E-state index in [4.69, 9.17) is 4.74 Å². The standard InChI is InChI=1S/C21H25N3O3/c1-15-7-3-4-8-18(15)24-14-16(13-23-24)12-22-20(26)17-11-19(25)27-21(17)9-5-2-6-10-21/h3-4,7-8,13-14,17H,2,5-6,9-12H2,1H3,(H,22,26). The van der Waals surface area contributed by atoms with Crippen molar-refractivity contribution in [3.63, 3.8) is 0 Å². The van der Waals surface area contributed by atoms with E-state index >= 15 is 0 Å². The number of ether oxygens (including phenoxy) is 1. The molecule has 1 aromatic heterocycles. The van der Waals surface area contributed by atoms with E-state index < -0.39 is 5.60 Å². The number of carbonyl (C=O) groups excluding carboxylic acids is 2. The number of aryl methyl sites for hydroxylation is 1. The Labute approximate surface area is 158 Å². The molecule has 142 valence electrons. The summed E-state index contributed by atoms with van der Waals surface area (Å²) in [6, 6.07) is 8.03. The highest BCUT2D eigenvalue weighted by Gasteiger charge is 2.52. The van der Waals surface area contributed by atoms with Crippen LogP contribution in [0.2, 0.25) is 0 Å². The normalized spacial score (nSPS) is 21.2. The molecule has 1 aromatic carbocycles. The van der Waals surface area contributed by atoms with E-state index in [1.807, 2.05) is 42.1 Å². The number of hydrogen-bond acceptors (Lipinski definition) is 4. The molecule has 1 unspecified atom stereocenters. The summed E-state index contributed by atoms with van der Waals surface area (Å²) in [5.74, 6) is -0.715. The van der Waals surface area contributed by atoms with Crippen LogP contribution in [-0.4, -0.2) is 27.3 Å². The lowest BCUT2D eigenvalue weighted by Crippen LogP contribution is -2.45. The zero-order valence-corrected chi connectivity index (χ0v) is 15.6. The van der Waals surface area contributed by atoms with Gasteiger partial charge in [0.1, 0.15) is 5.60 Å². The van der Waals surface area contributed by atoms with Crippen LogP contribution in [0, 0.1) is 12.8 Å². The van der Waals surface area contributed by atoms with Gasteiger partial charge in [0.05, 0.1) is 24.2 Å². The van der Waals surface area contributed by atoms with Crippen LogP contribution < -0.4 is 5.32 Å². The maximum Gasteiger partial charge on any atom is 0.307 e. The Kier molecular flexibility index (Phi) is 4.72. The molecule has 27 heavy (non-hydrogen) atoms. The first-order valence-corrected chi connectivity index (χ1v) is 9.66. The molecule has 4 rings (SSSR count). The minimum absolute atomic E-state index is 0.0913. The Balaban J connectivity index is 1.42. The van der Waals surface area contributed by atoms with Gasteiger partial charge in [0.15, 0.2) is 0 Å². The first-order valence-electron chi connectivity index (χ1n) is 9.66. The first kappa shape index (κ1) is 17.8. The number of carbonyl (C=O) groups is 2. The highest BCUT2D eigenvalue weighted by molar-refractivity contribution is 5.87. The monoisotopic (exact) mass is 367 g/mol. The van der Waals surface area contributed by atoms with E-state index in [9.17, 15) is 9.59 Å². The fourth-order valence-corrected chi connectivity index (χ4v) is 4.34. The fourth-order valence-electron chi connectivity index (χ4n) is 4.34. The van der Waals surface area contributed by atoms with Gasteiger partial charge in [0, 0.05) is 18.3 Å². The number of benzene rings is 1. The van der Waals surface area contributed by atoms with Crippen LogP contribution in [-0.2, 0) is 20.9 Å². The molecule has 6 heteroatoms. The Bertz CT molecular complexity index is 852. The average Bonchev–Trinajstić information content (AvgIpc) is 3.25. The molecule has 1 spiro atoms. The molecule has 2 fully saturated rings. The first-order chi connectivity index (χ1) is 13.1. The van der Waals surface area contributed by atoms with Gasteiger partial charge in [-0.1, -0.05) is 24.6 Å². The number of esters is 1. The van der Waals surface area contributed by atoms with E-state index in [-0.39, 0.29) is 24.2 Å². The van der Waals surface area contributed by atoms with Gasteiger partial charge in [-0.25, -0.2) is 4.68 Å². The summed E-state index contributed by atoms with van der Waals surface area (Å²) in [4.78, 5) is 24.7. The molecule has 1 atom stereocenters. The Morgan fingerprint density at radius 3 is 2.85 bits per heavy atom. The number of aromatic nitrogens is 2. The summed E-state index contributed by atoms with van der Waals surface area (Å²) in [7, 11) is 0. The van der Waals surface area contributed by atoms with Gasteiger partial charge >= 0.3 is 5.97 Å². The van der Waals surface area contributed by atoms with Gasteiger partial charge < -0.3 is 10.1 Å². The molecular weight excluding hydrogens is 342 g/mol. The van der Waals surface area contributed by atoms with Gasteiger partial charge in [-0.05, 0) is 44.2 Å². The maximum absolute atomic E-state index is 12.8. The molecule has 1 aliphatic carbocycles. The molecule has 2 heterocycles. The summed E-state index contributed by atoms with van der Waals surface area (Å²) >= 11 is 0. The molecule has 1 N–H and O–H groups in total. The molecule has 1 amide bonds. The predicted molar refractivity (Wildman–Crippen MR) is 100 cm³/mol. The number of rotatable bonds is 4. The minimum atomic E-state index is -0.579. The molecule has 2 aromatic rings. The fraction of sp³-hybridized carbons (Fsp3) is 0.476. The quantitative estimate of drug-likeness (QED) is 0.843. The Morgan fingerprint density at radius 1 is 1.30 bits per heavy atom. The van der Waals surface area contributed by atoms with Crippen molar-refractivity contribution in [1.82, 2.24) is 15.1 Å². The lowest BCUT2D eigenvalue weighted by molar-refractivity contribution is -0.153. The van der Waals surface area contributed by atoms with Crippen LogP contribution >= 0.6 is 0 Å². The van der Waals surface area contributed by atoms with Crippen LogP contribution in [0.5, 0.6) is 0 Å². The van der Waals surface area contributed by atoms with Gasteiger partial charge in [-0.15, -0.1) is 0 Å². The van der Waals surface area contributed by atoms with Gasteiger partial charge in [0.25, 0.3) is 0 Å². The lowest BCUT2D eigenvalue weighted by atomic mass is 9.75. The van der Waals surface area contributed by atoms with Crippen molar-refractivity contribution in [2.24, 2.45) is 5.92 Å². The van der Waals surface area contributed by atoms with Crippen molar-refractivity contribution in [3.8, 4) is 5.69 Å². The van der Waals surface area contributed by atoms with Gasteiger partial charge in [-0.3, -0.25) is 9.59 Å². The molecule has 0 radical (unpaired) electrons. The summed E-state index contributed by atoms with van der Waals surface area (Å²) < 4.78 is 7.46. The van der Waals surface area contributed by atoms with Crippen LogP contribution in [0.1, 0.15) is 49.7 Å². The number of nitrogens with one attached hydrogen (secondary N) is 1. The van der Waals surface area contributed by atoms with Crippen molar-refractivity contribution >= 4 is 11.9 Å². The van der Waals surface area contributed by atoms with Crippen molar-refractivity contribution in [3.05, 3.63) is 47.8 Å². The largest absolute Gasteiger partial charge is 0.458 e. The molecule has 1 saturated carbocycles. The Morgan fingerprint density at radius 2 is 2.07 bits per heavy atom. The van der Waals surface area contributed by atoms with Crippen molar-refractivity contribution in [2.45, 2.75) is 57.6 Å². The van der Waals surface area contributed by atoms with E-state index in [1.54, 1.807) is 6.20 Å². The van der Waals surface area contributed by atoms with E-state index in [1.165, 1.54) is 0 Å². The molecular formula is C21H25N3O3. The Hall–Kier alpha value is -2.63. The second kappa shape index (κ2) is 7.18. The maximum atomic E-state index is 12.8. The number of nitrogens with zero attached hydrogens (tertiary/aromatic N) is 2. The predicted octanol–water partition coefficient (Wildman–Crippen LogP) is 3.06. The van der Waals surface area contributed by atoms with Crippen LogP contribution in [0.15, 0.2) is 36.7 Å². The molecule has 1 aliphatic heterocycles. The summed E-state index contributed by atoms with van der Waals surface area (Å²) in [6.07, 6.45) is 8.64. The third-order valence-electron chi connectivity index (χ3n) is 5.80. The van der Waals surface area contributed by atoms with Gasteiger partial charge in [0.2, 0.25) is 5.91 Å². The average molecular weight is 367 g/mol. The van der Waals surface area contributed by atoms with Crippen molar-refractivity contribution in [1.29, 1.82) is 0 Å². The van der Waals surface area contributed by atoms with Crippen molar-refractivity contribution in [2.75, 3.05) is 0 Å².